The zero-order valence-corrected chi connectivity index (χ0v) is 15.5. The number of fused-ring (bicyclic) bond motifs is 1. The normalized spacial score (nSPS) is 18.6. The summed E-state index contributed by atoms with van der Waals surface area (Å²) in [5.41, 5.74) is 2.26. The van der Waals surface area contributed by atoms with Crippen LogP contribution in [0.5, 0.6) is 0 Å². The molecule has 0 amide bonds. The van der Waals surface area contributed by atoms with E-state index in [1.165, 1.54) is 4.80 Å². The number of aliphatic hydroxyl groups excluding tert-OH is 1. The zero-order valence-electron chi connectivity index (χ0n) is 14.8. The van der Waals surface area contributed by atoms with Gasteiger partial charge in [-0.25, -0.2) is 4.79 Å². The van der Waals surface area contributed by atoms with Crippen LogP contribution in [0.25, 0.3) is 16.7 Å². The van der Waals surface area contributed by atoms with E-state index in [1.807, 2.05) is 20.8 Å². The largest absolute Gasteiger partial charge is 0.506 e. The van der Waals surface area contributed by atoms with E-state index in [2.05, 4.69) is 10.2 Å². The minimum atomic E-state index is -1.01. The molecule has 1 aromatic carbocycles. The van der Waals surface area contributed by atoms with E-state index < -0.39 is 5.97 Å². The van der Waals surface area contributed by atoms with Gasteiger partial charge in [0.1, 0.15) is 22.5 Å². The number of carboxylic acids is 1. The first-order valence-electron chi connectivity index (χ1n) is 8.24. The number of carboxylic acid groups (broad SMARTS) is 1. The number of carbonyl (C=O) groups is 1. The number of aliphatic carboxylic acids is 1. The quantitative estimate of drug-likeness (QED) is 0.776. The van der Waals surface area contributed by atoms with Gasteiger partial charge in [0.15, 0.2) is 0 Å². The van der Waals surface area contributed by atoms with Crippen LogP contribution in [0.3, 0.4) is 0 Å². The van der Waals surface area contributed by atoms with Gasteiger partial charge in [0, 0.05) is 17.0 Å². The summed E-state index contributed by atoms with van der Waals surface area (Å²) < 4.78 is 0. The number of benzene rings is 1. The maximum atomic E-state index is 10.9. The van der Waals surface area contributed by atoms with Gasteiger partial charge in [0.2, 0.25) is 0 Å². The Hall–Kier alpha value is -2.60. The Morgan fingerprint density at radius 3 is 2.65 bits per heavy atom. The van der Waals surface area contributed by atoms with Gasteiger partial charge in [-0.1, -0.05) is 38.4 Å². The molecule has 0 aliphatic heterocycles. The summed E-state index contributed by atoms with van der Waals surface area (Å²) in [5, 5.41) is 29.1. The third kappa shape index (κ3) is 3.65. The Kier molecular flexibility index (Phi) is 4.63. The lowest BCUT2D eigenvalue weighted by atomic mass is 9.77. The highest BCUT2D eigenvalue weighted by molar-refractivity contribution is 6.31. The zero-order chi connectivity index (χ0) is 19.1. The topological polar surface area (TPSA) is 88.2 Å². The van der Waals surface area contributed by atoms with E-state index in [9.17, 15) is 9.90 Å². The van der Waals surface area contributed by atoms with Gasteiger partial charge in [-0.2, -0.15) is 0 Å². The van der Waals surface area contributed by atoms with Crippen molar-refractivity contribution >= 4 is 34.3 Å². The van der Waals surface area contributed by atoms with Gasteiger partial charge < -0.3 is 10.2 Å². The summed E-state index contributed by atoms with van der Waals surface area (Å²) in [5.74, 6) is -1.05. The van der Waals surface area contributed by atoms with Crippen molar-refractivity contribution < 1.29 is 15.0 Å². The maximum Gasteiger partial charge on any atom is 0.327 e. The maximum absolute atomic E-state index is 10.9. The monoisotopic (exact) mass is 373 g/mol. The van der Waals surface area contributed by atoms with Crippen LogP contribution in [-0.2, 0) is 4.79 Å². The van der Waals surface area contributed by atoms with Crippen molar-refractivity contribution in [2.45, 2.75) is 27.2 Å². The standard InChI is InChI=1S/C19H20ClN3O3/c1-19(2,3)13-8-11(4-7-17(24)25)9-16(18(13)26)23-21-14-6-5-12(20)10-15(14)22-23/h4-7,9-11,26H,8H2,1-3H3,(H,24,25). The third-order valence-corrected chi connectivity index (χ3v) is 4.52. The van der Waals surface area contributed by atoms with Gasteiger partial charge >= 0.3 is 5.97 Å². The molecule has 6 nitrogen and oxygen atoms in total. The van der Waals surface area contributed by atoms with Crippen molar-refractivity contribution in [2.24, 2.45) is 11.3 Å². The average Bonchev–Trinajstić information content (AvgIpc) is 2.95. The fraction of sp³-hybridized carbons (Fsp3) is 0.316. The van der Waals surface area contributed by atoms with Crippen molar-refractivity contribution in [1.82, 2.24) is 15.0 Å². The SMILES string of the molecule is CC(C)(C)C1=C(O)C(n2nc3ccc(Cl)cc3n2)=CC(C=CC(=O)O)C1. The number of aromatic nitrogens is 3. The molecule has 2 N–H and O–H groups in total. The van der Waals surface area contributed by atoms with Crippen LogP contribution in [-0.4, -0.2) is 31.2 Å². The highest BCUT2D eigenvalue weighted by atomic mass is 35.5. The number of hydrogen-bond acceptors (Lipinski definition) is 4. The van der Waals surface area contributed by atoms with Crippen LogP contribution in [0.1, 0.15) is 27.2 Å². The molecule has 0 saturated carbocycles. The molecular weight excluding hydrogens is 354 g/mol. The number of allylic oxidation sites excluding steroid dienone is 4. The molecule has 0 bridgehead atoms. The molecule has 1 aromatic heterocycles. The number of aliphatic hydroxyl groups is 1. The fourth-order valence-electron chi connectivity index (χ4n) is 2.98. The number of hydrogen-bond donors (Lipinski definition) is 2. The summed E-state index contributed by atoms with van der Waals surface area (Å²) in [7, 11) is 0. The highest BCUT2D eigenvalue weighted by Gasteiger charge is 2.30. The van der Waals surface area contributed by atoms with Crippen LogP contribution in [0.2, 0.25) is 5.02 Å². The second-order valence-electron chi connectivity index (χ2n) is 7.32. The number of halogens is 1. The molecular formula is C19H20ClN3O3. The van der Waals surface area contributed by atoms with Gasteiger partial charge in [0.05, 0.1) is 0 Å². The first kappa shape index (κ1) is 18.2. The Morgan fingerprint density at radius 1 is 1.31 bits per heavy atom. The lowest BCUT2D eigenvalue weighted by Gasteiger charge is -2.30. The van der Waals surface area contributed by atoms with Gasteiger partial charge in [-0.05, 0) is 41.7 Å². The molecule has 1 heterocycles. The second-order valence-corrected chi connectivity index (χ2v) is 7.75. The molecule has 1 unspecified atom stereocenters. The molecule has 2 aromatic rings. The molecule has 1 atom stereocenters. The first-order valence-corrected chi connectivity index (χ1v) is 8.62. The van der Waals surface area contributed by atoms with Crippen LogP contribution < -0.4 is 0 Å². The second kappa shape index (κ2) is 6.61. The predicted molar refractivity (Wildman–Crippen MR) is 101 cm³/mol. The Bertz CT molecular complexity index is 964. The van der Waals surface area contributed by atoms with Crippen LogP contribution in [0.4, 0.5) is 0 Å². The highest BCUT2D eigenvalue weighted by Crippen LogP contribution is 2.40. The van der Waals surface area contributed by atoms with Gasteiger partial charge in [-0.3, -0.25) is 0 Å². The molecule has 3 rings (SSSR count). The van der Waals surface area contributed by atoms with Crippen molar-refractivity contribution in [1.29, 1.82) is 0 Å². The lowest BCUT2D eigenvalue weighted by Crippen LogP contribution is -2.21. The van der Waals surface area contributed by atoms with E-state index in [-0.39, 0.29) is 17.1 Å². The summed E-state index contributed by atoms with van der Waals surface area (Å²) in [6.07, 6.45) is 5.05. The first-order chi connectivity index (χ1) is 12.1. The smallest absolute Gasteiger partial charge is 0.327 e. The summed E-state index contributed by atoms with van der Waals surface area (Å²) in [6, 6.07) is 5.20. The minimum absolute atomic E-state index is 0.129. The minimum Gasteiger partial charge on any atom is -0.506 e. The summed E-state index contributed by atoms with van der Waals surface area (Å²) in [4.78, 5) is 12.3. The molecule has 136 valence electrons. The molecule has 0 radical (unpaired) electrons. The molecule has 7 heteroatoms. The predicted octanol–water partition coefficient (Wildman–Crippen LogP) is 4.44. The third-order valence-electron chi connectivity index (χ3n) is 4.29. The number of nitrogens with zero attached hydrogens (tertiary/aromatic N) is 3. The molecule has 1 aliphatic carbocycles. The van der Waals surface area contributed by atoms with Gasteiger partial charge in [-0.15, -0.1) is 15.0 Å². The van der Waals surface area contributed by atoms with Crippen molar-refractivity contribution in [2.75, 3.05) is 0 Å². The molecule has 0 saturated heterocycles. The van der Waals surface area contributed by atoms with E-state index in [1.54, 1.807) is 30.4 Å². The molecule has 1 aliphatic rings. The van der Waals surface area contributed by atoms with E-state index in [0.717, 1.165) is 11.6 Å². The lowest BCUT2D eigenvalue weighted by molar-refractivity contribution is -0.131. The Balaban J connectivity index is 2.12. The molecule has 26 heavy (non-hydrogen) atoms. The van der Waals surface area contributed by atoms with Crippen LogP contribution >= 0.6 is 11.6 Å². The van der Waals surface area contributed by atoms with E-state index >= 15 is 0 Å². The van der Waals surface area contributed by atoms with E-state index in [4.69, 9.17) is 16.7 Å². The summed E-state index contributed by atoms with van der Waals surface area (Å²) >= 11 is 6.00. The van der Waals surface area contributed by atoms with Gasteiger partial charge in [0.25, 0.3) is 0 Å². The average molecular weight is 374 g/mol. The van der Waals surface area contributed by atoms with Crippen molar-refractivity contribution in [3.05, 3.63) is 52.8 Å². The number of rotatable bonds is 3. The fourth-order valence-corrected chi connectivity index (χ4v) is 3.14. The Labute approximate surface area is 156 Å². The Morgan fingerprint density at radius 2 is 2.00 bits per heavy atom. The molecule has 0 spiro atoms. The van der Waals surface area contributed by atoms with E-state index in [0.29, 0.717) is 28.2 Å². The van der Waals surface area contributed by atoms with Crippen molar-refractivity contribution in [3.63, 3.8) is 0 Å². The molecule has 0 fully saturated rings. The van der Waals surface area contributed by atoms with Crippen molar-refractivity contribution in [3.8, 4) is 0 Å². The van der Waals surface area contributed by atoms with Crippen LogP contribution in [0, 0.1) is 11.3 Å². The van der Waals surface area contributed by atoms with Crippen LogP contribution in [0.15, 0.2) is 47.8 Å². The summed E-state index contributed by atoms with van der Waals surface area (Å²) in [6.45, 7) is 6.02.